The molecule has 9 heteroatoms. The second-order valence-corrected chi connectivity index (χ2v) is 8.02. The summed E-state index contributed by atoms with van der Waals surface area (Å²) in [5, 5.41) is 6.00. The van der Waals surface area contributed by atoms with Crippen LogP contribution in [-0.4, -0.2) is 31.6 Å². The van der Waals surface area contributed by atoms with Gasteiger partial charge in [0.1, 0.15) is 0 Å². The van der Waals surface area contributed by atoms with E-state index >= 15 is 0 Å². The number of amides is 2. The number of benzene rings is 2. The average Bonchev–Trinajstić information content (AvgIpc) is 2.80. The first-order chi connectivity index (χ1) is 15.9. The molecule has 3 rings (SSSR count). The van der Waals surface area contributed by atoms with E-state index in [0.29, 0.717) is 21.8 Å². The highest BCUT2D eigenvalue weighted by molar-refractivity contribution is 6.34. The van der Waals surface area contributed by atoms with Crippen LogP contribution in [0.15, 0.2) is 42.5 Å². The fraction of sp³-hybridized carbons (Fsp3) is 0.333. The van der Waals surface area contributed by atoms with Crippen LogP contribution in [0.25, 0.3) is 6.08 Å². The van der Waals surface area contributed by atoms with Gasteiger partial charge in [0.25, 0.3) is 5.91 Å². The number of halogens is 3. The van der Waals surface area contributed by atoms with Crippen LogP contribution in [0.1, 0.15) is 48.0 Å². The van der Waals surface area contributed by atoms with Crippen LogP contribution in [0.3, 0.4) is 0 Å². The third-order valence-electron chi connectivity index (χ3n) is 5.25. The monoisotopic (exact) mass is 478 g/mol. The molecule has 0 saturated heterocycles. The number of anilines is 1. The van der Waals surface area contributed by atoms with E-state index in [-0.39, 0.29) is 23.4 Å². The van der Waals surface area contributed by atoms with E-state index in [9.17, 15) is 18.4 Å². The van der Waals surface area contributed by atoms with E-state index in [2.05, 4.69) is 15.4 Å². The van der Waals surface area contributed by atoms with Crippen LogP contribution in [0.2, 0.25) is 5.02 Å². The largest absolute Gasteiger partial charge is 0.493 e. The van der Waals surface area contributed by atoms with Gasteiger partial charge in [0.05, 0.1) is 17.7 Å². The molecule has 0 heterocycles. The van der Waals surface area contributed by atoms with Gasteiger partial charge in [-0.1, -0.05) is 36.9 Å². The molecular formula is C24H25ClF2N2O4. The molecule has 6 nitrogen and oxygen atoms in total. The molecule has 0 atom stereocenters. The Balaban J connectivity index is 1.64. The highest BCUT2D eigenvalue weighted by Gasteiger charge is 2.19. The van der Waals surface area contributed by atoms with Gasteiger partial charge in [0.2, 0.25) is 5.91 Å². The van der Waals surface area contributed by atoms with Gasteiger partial charge in [-0.3, -0.25) is 9.59 Å². The zero-order chi connectivity index (χ0) is 23.8. The first-order valence-corrected chi connectivity index (χ1v) is 11.0. The van der Waals surface area contributed by atoms with Crippen LogP contribution < -0.4 is 20.1 Å². The molecule has 2 aromatic rings. The van der Waals surface area contributed by atoms with Crippen LogP contribution >= 0.6 is 11.6 Å². The molecule has 0 aromatic heterocycles. The van der Waals surface area contributed by atoms with Gasteiger partial charge in [0.15, 0.2) is 11.5 Å². The minimum atomic E-state index is -2.97. The summed E-state index contributed by atoms with van der Waals surface area (Å²) in [7, 11) is 1.33. The number of alkyl halides is 2. The fourth-order valence-electron chi connectivity index (χ4n) is 3.62. The van der Waals surface area contributed by atoms with Crippen molar-refractivity contribution >= 4 is 35.2 Å². The van der Waals surface area contributed by atoms with Crippen molar-refractivity contribution in [2.75, 3.05) is 12.4 Å². The maximum atomic E-state index is 12.6. The number of carbonyl (C=O) groups is 2. The standard InChI is InChI=1S/C24H25ClF2N2O4/c1-32-21-13-15(7-11-20(21)33-24(26)27)8-12-22(30)28-17-9-10-19(25)18(14-17)23(31)29-16-5-3-2-4-6-16/h7-14,16,24H,2-6H2,1H3,(H,28,30)(H,29,31)/b12-8+. The van der Waals surface area contributed by atoms with Gasteiger partial charge in [-0.2, -0.15) is 8.78 Å². The normalized spacial score (nSPS) is 14.3. The van der Waals surface area contributed by atoms with Crippen LogP contribution in [0.5, 0.6) is 11.5 Å². The first kappa shape index (κ1) is 24.5. The molecule has 176 valence electrons. The minimum absolute atomic E-state index is 0.103. The lowest BCUT2D eigenvalue weighted by Gasteiger charge is -2.23. The maximum Gasteiger partial charge on any atom is 0.387 e. The van der Waals surface area contributed by atoms with Gasteiger partial charge >= 0.3 is 6.61 Å². The lowest BCUT2D eigenvalue weighted by Crippen LogP contribution is -2.36. The summed E-state index contributed by atoms with van der Waals surface area (Å²) in [5.41, 5.74) is 1.26. The molecule has 0 spiro atoms. The molecule has 1 fully saturated rings. The van der Waals surface area contributed by atoms with Crippen LogP contribution in [-0.2, 0) is 4.79 Å². The SMILES string of the molecule is COc1cc(/C=C/C(=O)Nc2ccc(Cl)c(C(=O)NC3CCCCC3)c2)ccc1OC(F)F. The Labute approximate surface area is 195 Å². The molecule has 2 N–H and O–H groups in total. The number of methoxy groups -OCH3 is 1. The summed E-state index contributed by atoms with van der Waals surface area (Å²) in [6.07, 6.45) is 8.04. The van der Waals surface area contributed by atoms with Gasteiger partial charge < -0.3 is 20.1 Å². The second kappa shape index (κ2) is 11.7. The number of ether oxygens (including phenoxy) is 2. The predicted octanol–water partition coefficient (Wildman–Crippen LogP) is 5.66. The van der Waals surface area contributed by atoms with Crippen molar-refractivity contribution in [2.24, 2.45) is 0 Å². The quantitative estimate of drug-likeness (QED) is 0.480. The van der Waals surface area contributed by atoms with Crippen molar-refractivity contribution in [3.05, 3.63) is 58.6 Å². The number of hydrogen-bond acceptors (Lipinski definition) is 4. The summed E-state index contributed by atoms with van der Waals surface area (Å²) in [5.74, 6) is -0.696. The van der Waals surface area contributed by atoms with E-state index in [1.807, 2.05) is 0 Å². The Morgan fingerprint density at radius 2 is 1.85 bits per heavy atom. The lowest BCUT2D eigenvalue weighted by atomic mass is 9.95. The van der Waals surface area contributed by atoms with Gasteiger partial charge in [-0.15, -0.1) is 0 Å². The van der Waals surface area contributed by atoms with Crippen molar-refractivity contribution in [1.29, 1.82) is 0 Å². The van der Waals surface area contributed by atoms with Gasteiger partial charge in [-0.25, -0.2) is 0 Å². The molecular weight excluding hydrogens is 454 g/mol. The molecule has 0 aliphatic heterocycles. The highest BCUT2D eigenvalue weighted by Crippen LogP contribution is 2.30. The van der Waals surface area contributed by atoms with Crippen molar-refractivity contribution < 1.29 is 27.8 Å². The van der Waals surface area contributed by atoms with E-state index < -0.39 is 12.5 Å². The summed E-state index contributed by atoms with van der Waals surface area (Å²) in [6, 6.07) is 9.15. The topological polar surface area (TPSA) is 76.7 Å². The zero-order valence-corrected chi connectivity index (χ0v) is 18.8. The number of carbonyl (C=O) groups excluding carboxylic acids is 2. The van der Waals surface area contributed by atoms with E-state index in [1.54, 1.807) is 12.1 Å². The average molecular weight is 479 g/mol. The van der Waals surface area contributed by atoms with Crippen molar-refractivity contribution in [3.63, 3.8) is 0 Å². The molecule has 0 bridgehead atoms. The van der Waals surface area contributed by atoms with Crippen molar-refractivity contribution in [3.8, 4) is 11.5 Å². The zero-order valence-electron chi connectivity index (χ0n) is 18.1. The minimum Gasteiger partial charge on any atom is -0.493 e. The summed E-state index contributed by atoms with van der Waals surface area (Å²) < 4.78 is 34.3. The summed E-state index contributed by atoms with van der Waals surface area (Å²) >= 11 is 6.20. The predicted molar refractivity (Wildman–Crippen MR) is 123 cm³/mol. The first-order valence-electron chi connectivity index (χ1n) is 10.6. The van der Waals surface area contributed by atoms with Crippen LogP contribution in [0, 0.1) is 0 Å². The molecule has 2 amide bonds. The van der Waals surface area contributed by atoms with Crippen molar-refractivity contribution in [1.82, 2.24) is 5.32 Å². The molecule has 1 aliphatic rings. The smallest absolute Gasteiger partial charge is 0.387 e. The Kier molecular flexibility index (Phi) is 8.65. The number of nitrogens with one attached hydrogen (secondary N) is 2. The second-order valence-electron chi connectivity index (χ2n) is 7.61. The van der Waals surface area contributed by atoms with E-state index in [0.717, 1.165) is 25.7 Å². The summed E-state index contributed by atoms with van der Waals surface area (Å²) in [4.78, 5) is 25.0. The molecule has 0 unspecified atom stereocenters. The van der Waals surface area contributed by atoms with Gasteiger partial charge in [-0.05, 0) is 54.8 Å². The van der Waals surface area contributed by atoms with E-state index in [1.165, 1.54) is 49.9 Å². The Morgan fingerprint density at radius 3 is 2.55 bits per heavy atom. The highest BCUT2D eigenvalue weighted by atomic mass is 35.5. The molecule has 1 aliphatic carbocycles. The molecule has 33 heavy (non-hydrogen) atoms. The third-order valence-corrected chi connectivity index (χ3v) is 5.58. The van der Waals surface area contributed by atoms with Crippen molar-refractivity contribution in [2.45, 2.75) is 44.8 Å². The van der Waals surface area contributed by atoms with E-state index in [4.69, 9.17) is 16.3 Å². The Bertz CT molecular complexity index is 1020. The van der Waals surface area contributed by atoms with Crippen LogP contribution in [0.4, 0.5) is 14.5 Å². The fourth-order valence-corrected chi connectivity index (χ4v) is 3.83. The number of rotatable bonds is 8. The Morgan fingerprint density at radius 1 is 1.09 bits per heavy atom. The summed E-state index contributed by atoms with van der Waals surface area (Å²) in [6.45, 7) is -2.97. The van der Waals surface area contributed by atoms with Gasteiger partial charge in [0, 0.05) is 17.8 Å². The maximum absolute atomic E-state index is 12.6. The Hall–Kier alpha value is -3.13. The number of hydrogen-bond donors (Lipinski definition) is 2. The third kappa shape index (κ3) is 7.18. The molecule has 2 aromatic carbocycles. The molecule has 1 saturated carbocycles. The molecule has 0 radical (unpaired) electrons. The lowest BCUT2D eigenvalue weighted by molar-refractivity contribution is -0.111.